The maximum Gasteiger partial charge on any atom is 0.220 e. The van der Waals surface area contributed by atoms with Crippen molar-refractivity contribution in [2.24, 2.45) is 0 Å². The van der Waals surface area contributed by atoms with Gasteiger partial charge in [-0.1, -0.05) is 0 Å². The number of aryl methyl sites for hydroxylation is 1. The zero-order valence-electron chi connectivity index (χ0n) is 9.88. The Hall–Kier alpha value is -2.11. The van der Waals surface area contributed by atoms with Crippen LogP contribution in [0.4, 0.5) is 19.1 Å². The maximum atomic E-state index is 13.3. The number of hydrogen-bond donors (Lipinski definition) is 1. The summed E-state index contributed by atoms with van der Waals surface area (Å²) in [6.07, 6.45) is 2.39. The van der Waals surface area contributed by atoms with Gasteiger partial charge in [-0.3, -0.25) is 0 Å². The van der Waals surface area contributed by atoms with Crippen LogP contribution in [0.1, 0.15) is 17.7 Å². The van der Waals surface area contributed by atoms with E-state index in [1.165, 1.54) is 0 Å². The van der Waals surface area contributed by atoms with Crippen LogP contribution in [0.15, 0.2) is 12.1 Å². The molecule has 0 atom stereocenters. The van der Waals surface area contributed by atoms with Gasteiger partial charge in [-0.2, -0.15) is 0 Å². The van der Waals surface area contributed by atoms with Crippen molar-refractivity contribution in [1.29, 1.82) is 0 Å². The average Bonchev–Trinajstić information content (AvgIpc) is 2.82. The fourth-order valence-corrected chi connectivity index (χ4v) is 2.38. The number of fused-ring (bicyclic) bond motifs is 1. The van der Waals surface area contributed by atoms with E-state index in [2.05, 4.69) is 9.97 Å². The van der Waals surface area contributed by atoms with Crippen molar-refractivity contribution in [3.8, 4) is 11.3 Å². The van der Waals surface area contributed by atoms with E-state index in [9.17, 15) is 13.2 Å². The van der Waals surface area contributed by atoms with Crippen LogP contribution in [0, 0.1) is 17.5 Å². The van der Waals surface area contributed by atoms with Crippen molar-refractivity contribution < 1.29 is 13.2 Å². The first-order valence-electron chi connectivity index (χ1n) is 5.86. The molecule has 0 saturated carbocycles. The van der Waals surface area contributed by atoms with Gasteiger partial charge in [0.25, 0.3) is 0 Å². The molecule has 1 aliphatic rings. The Kier molecular flexibility index (Phi) is 2.66. The lowest BCUT2D eigenvalue weighted by atomic mass is 10.0. The van der Waals surface area contributed by atoms with E-state index < -0.39 is 17.5 Å². The summed E-state index contributed by atoms with van der Waals surface area (Å²) >= 11 is 0. The fraction of sp³-hybridized carbons (Fsp3) is 0.231. The number of nitrogen functional groups attached to an aromatic ring is 1. The van der Waals surface area contributed by atoms with E-state index in [0.717, 1.165) is 42.7 Å². The van der Waals surface area contributed by atoms with E-state index in [4.69, 9.17) is 5.73 Å². The van der Waals surface area contributed by atoms with Gasteiger partial charge in [0.2, 0.25) is 5.95 Å². The SMILES string of the molecule is Nc1nc2c(c(-c3cc(F)c(F)c(F)c3)n1)CCC2. The third kappa shape index (κ3) is 1.93. The topological polar surface area (TPSA) is 51.8 Å². The molecule has 1 aliphatic carbocycles. The summed E-state index contributed by atoms with van der Waals surface area (Å²) in [5.74, 6) is -3.90. The minimum Gasteiger partial charge on any atom is -0.368 e. The number of hydrogen-bond acceptors (Lipinski definition) is 3. The van der Waals surface area contributed by atoms with Gasteiger partial charge in [-0.05, 0) is 31.4 Å². The smallest absolute Gasteiger partial charge is 0.220 e. The zero-order chi connectivity index (χ0) is 13.6. The van der Waals surface area contributed by atoms with Crippen LogP contribution in [-0.4, -0.2) is 9.97 Å². The first-order chi connectivity index (χ1) is 9.06. The van der Waals surface area contributed by atoms with Gasteiger partial charge >= 0.3 is 0 Å². The van der Waals surface area contributed by atoms with E-state index in [1.54, 1.807) is 0 Å². The Labute approximate surface area is 107 Å². The third-order valence-corrected chi connectivity index (χ3v) is 3.21. The zero-order valence-corrected chi connectivity index (χ0v) is 9.88. The van der Waals surface area contributed by atoms with Crippen LogP contribution in [0.25, 0.3) is 11.3 Å². The molecule has 0 amide bonds. The highest BCUT2D eigenvalue weighted by atomic mass is 19.2. The molecule has 2 N–H and O–H groups in total. The molecule has 0 bridgehead atoms. The van der Waals surface area contributed by atoms with Crippen LogP contribution in [0.2, 0.25) is 0 Å². The molecule has 1 heterocycles. The normalized spacial score (nSPS) is 13.6. The highest BCUT2D eigenvalue weighted by Gasteiger charge is 2.21. The molecule has 0 saturated heterocycles. The molecule has 3 rings (SSSR count). The molecule has 3 nitrogen and oxygen atoms in total. The first kappa shape index (κ1) is 12.0. The standard InChI is InChI=1S/C13H10F3N3/c14-8-4-6(5-9(15)11(8)16)12-7-2-1-3-10(7)18-13(17)19-12/h4-5H,1-3H2,(H2,17,18,19). The van der Waals surface area contributed by atoms with Crippen LogP contribution in [-0.2, 0) is 12.8 Å². The fourth-order valence-electron chi connectivity index (χ4n) is 2.38. The second kappa shape index (κ2) is 4.22. The van der Waals surface area contributed by atoms with E-state index >= 15 is 0 Å². The van der Waals surface area contributed by atoms with Gasteiger partial charge in [-0.25, -0.2) is 23.1 Å². The second-order valence-electron chi connectivity index (χ2n) is 4.46. The lowest BCUT2D eigenvalue weighted by Gasteiger charge is -2.09. The molecule has 0 unspecified atom stereocenters. The van der Waals surface area contributed by atoms with Gasteiger partial charge < -0.3 is 5.73 Å². The van der Waals surface area contributed by atoms with Crippen molar-refractivity contribution in [2.45, 2.75) is 19.3 Å². The van der Waals surface area contributed by atoms with Gasteiger partial charge in [0.15, 0.2) is 17.5 Å². The molecule has 0 spiro atoms. The highest BCUT2D eigenvalue weighted by Crippen LogP contribution is 2.31. The van der Waals surface area contributed by atoms with Crippen molar-refractivity contribution in [3.63, 3.8) is 0 Å². The van der Waals surface area contributed by atoms with Crippen LogP contribution >= 0.6 is 0 Å². The van der Waals surface area contributed by atoms with Gasteiger partial charge in [-0.15, -0.1) is 0 Å². The van der Waals surface area contributed by atoms with Crippen LogP contribution in [0.3, 0.4) is 0 Å². The van der Waals surface area contributed by atoms with Gasteiger partial charge in [0.05, 0.1) is 5.69 Å². The summed E-state index contributed by atoms with van der Waals surface area (Å²) in [5, 5.41) is 0. The van der Waals surface area contributed by atoms with Crippen LogP contribution < -0.4 is 5.73 Å². The summed E-state index contributed by atoms with van der Waals surface area (Å²) in [4.78, 5) is 8.15. The Balaban J connectivity index is 2.23. The summed E-state index contributed by atoms with van der Waals surface area (Å²) in [7, 11) is 0. The molecule has 19 heavy (non-hydrogen) atoms. The van der Waals surface area contributed by atoms with Crippen molar-refractivity contribution >= 4 is 5.95 Å². The lowest BCUT2D eigenvalue weighted by Crippen LogP contribution is -2.03. The van der Waals surface area contributed by atoms with E-state index in [0.29, 0.717) is 5.69 Å². The average molecular weight is 265 g/mol. The van der Waals surface area contributed by atoms with Gasteiger partial charge in [0, 0.05) is 16.8 Å². The predicted molar refractivity (Wildman–Crippen MR) is 63.8 cm³/mol. The monoisotopic (exact) mass is 265 g/mol. The minimum absolute atomic E-state index is 0.0563. The molecular weight excluding hydrogens is 255 g/mol. The Morgan fingerprint density at radius 1 is 1.00 bits per heavy atom. The number of anilines is 1. The van der Waals surface area contributed by atoms with E-state index in [1.807, 2.05) is 0 Å². The predicted octanol–water partition coefficient (Wildman–Crippen LogP) is 2.63. The van der Waals surface area contributed by atoms with Crippen molar-refractivity contribution in [1.82, 2.24) is 9.97 Å². The number of nitrogens with zero attached hydrogens (tertiary/aromatic N) is 2. The molecule has 0 fully saturated rings. The highest BCUT2D eigenvalue weighted by molar-refractivity contribution is 5.66. The molecule has 0 radical (unpaired) electrons. The van der Waals surface area contributed by atoms with Gasteiger partial charge in [0.1, 0.15) is 0 Å². The molecule has 98 valence electrons. The Bertz CT molecular complexity index is 647. The largest absolute Gasteiger partial charge is 0.368 e. The molecule has 1 aromatic heterocycles. The van der Waals surface area contributed by atoms with Crippen LogP contribution in [0.5, 0.6) is 0 Å². The summed E-state index contributed by atoms with van der Waals surface area (Å²) in [6, 6.07) is 1.86. The number of nitrogens with two attached hydrogens (primary N) is 1. The van der Waals surface area contributed by atoms with E-state index in [-0.39, 0.29) is 11.5 Å². The minimum atomic E-state index is -1.48. The molecule has 0 aliphatic heterocycles. The quantitative estimate of drug-likeness (QED) is 0.806. The Morgan fingerprint density at radius 3 is 2.37 bits per heavy atom. The number of halogens is 3. The lowest BCUT2D eigenvalue weighted by molar-refractivity contribution is 0.447. The Morgan fingerprint density at radius 2 is 1.68 bits per heavy atom. The first-order valence-corrected chi connectivity index (χ1v) is 5.86. The molecule has 2 aromatic rings. The van der Waals surface area contributed by atoms with Crippen molar-refractivity contribution in [2.75, 3.05) is 5.73 Å². The summed E-state index contributed by atoms with van der Waals surface area (Å²) < 4.78 is 39.5. The number of benzene rings is 1. The molecule has 6 heteroatoms. The number of rotatable bonds is 1. The maximum absolute atomic E-state index is 13.3. The summed E-state index contributed by atoms with van der Waals surface area (Å²) in [6.45, 7) is 0. The summed E-state index contributed by atoms with van der Waals surface area (Å²) in [5.41, 5.74) is 7.79. The molecular formula is C13H10F3N3. The van der Waals surface area contributed by atoms with Crippen molar-refractivity contribution in [3.05, 3.63) is 40.8 Å². The third-order valence-electron chi connectivity index (χ3n) is 3.21. The molecule has 1 aromatic carbocycles. The number of aromatic nitrogens is 2. The second-order valence-corrected chi connectivity index (χ2v) is 4.46.